The molecule has 0 aromatic heterocycles. The Hall–Kier alpha value is -1.10. The molecule has 1 N–H and O–H groups in total. The van der Waals surface area contributed by atoms with Crippen LogP contribution in [0.5, 0.6) is 0 Å². The molecule has 1 amide bonds. The van der Waals surface area contributed by atoms with Crippen LogP contribution in [0.4, 0.5) is 0 Å². The number of hydrogen-bond donors (Lipinski definition) is 1. The molecule has 132 valence electrons. The first-order valence-electron chi connectivity index (χ1n) is 9.06. The van der Waals surface area contributed by atoms with E-state index in [1.54, 1.807) is 0 Å². The summed E-state index contributed by atoms with van der Waals surface area (Å²) in [5.74, 6) is 0.467. The molecule has 3 rings (SSSR count). The van der Waals surface area contributed by atoms with Crippen molar-refractivity contribution in [2.75, 3.05) is 33.2 Å². The fraction of sp³-hybridized carbons (Fsp3) is 0.632. The lowest BCUT2D eigenvalue weighted by atomic mass is 9.95. The summed E-state index contributed by atoms with van der Waals surface area (Å²) in [4.78, 5) is 17.3. The number of halogens is 1. The van der Waals surface area contributed by atoms with E-state index < -0.39 is 0 Å². The van der Waals surface area contributed by atoms with Crippen LogP contribution < -0.4 is 5.32 Å². The Morgan fingerprint density at radius 3 is 2.58 bits per heavy atom. The molecule has 2 aliphatic rings. The van der Waals surface area contributed by atoms with Gasteiger partial charge in [0.15, 0.2) is 0 Å². The zero-order valence-electron chi connectivity index (χ0n) is 14.5. The van der Waals surface area contributed by atoms with Crippen LogP contribution in [-0.4, -0.2) is 55.0 Å². The molecule has 2 fully saturated rings. The van der Waals surface area contributed by atoms with Crippen LogP contribution in [0, 0.1) is 5.92 Å². The predicted octanol–water partition coefficient (Wildman–Crippen LogP) is 2.76. The Labute approximate surface area is 150 Å². The van der Waals surface area contributed by atoms with Crippen molar-refractivity contribution in [3.05, 3.63) is 34.9 Å². The third kappa shape index (κ3) is 4.95. The van der Waals surface area contributed by atoms with Crippen LogP contribution in [0.2, 0.25) is 5.02 Å². The highest BCUT2D eigenvalue weighted by Crippen LogP contribution is 2.19. The average molecular weight is 350 g/mol. The molecule has 5 heteroatoms. The number of carbonyl (C=O) groups is 1. The van der Waals surface area contributed by atoms with Crippen LogP contribution in [0.25, 0.3) is 0 Å². The van der Waals surface area contributed by atoms with Gasteiger partial charge in [0.1, 0.15) is 0 Å². The van der Waals surface area contributed by atoms with Crippen molar-refractivity contribution in [3.63, 3.8) is 0 Å². The number of nitrogens with one attached hydrogen (secondary N) is 1. The maximum atomic E-state index is 12.5. The molecule has 24 heavy (non-hydrogen) atoms. The van der Waals surface area contributed by atoms with Gasteiger partial charge in [-0.05, 0) is 70.1 Å². The van der Waals surface area contributed by atoms with E-state index in [1.165, 1.54) is 5.56 Å². The minimum absolute atomic E-state index is 0.202. The normalized spacial score (nSPS) is 24.0. The molecule has 1 atom stereocenters. The van der Waals surface area contributed by atoms with E-state index in [0.717, 1.165) is 63.4 Å². The Kier molecular flexibility index (Phi) is 6.14. The highest BCUT2D eigenvalue weighted by atomic mass is 35.5. The van der Waals surface area contributed by atoms with Crippen molar-refractivity contribution in [2.24, 2.45) is 5.92 Å². The van der Waals surface area contributed by atoms with Crippen molar-refractivity contribution in [1.29, 1.82) is 0 Å². The standard InChI is InChI=1S/C19H28ClN3O/c1-22-11-8-16(9-12-22)19(24)21-18-3-2-10-23(14-18)13-15-4-6-17(20)7-5-15/h4-7,16,18H,2-3,8-14H2,1H3,(H,21,24). The molecule has 1 aromatic rings. The van der Waals surface area contributed by atoms with E-state index in [9.17, 15) is 4.79 Å². The number of rotatable bonds is 4. The zero-order chi connectivity index (χ0) is 16.9. The van der Waals surface area contributed by atoms with Gasteiger partial charge in [0, 0.05) is 30.1 Å². The second-order valence-electron chi connectivity index (χ2n) is 7.29. The first-order chi connectivity index (χ1) is 11.6. The summed E-state index contributed by atoms with van der Waals surface area (Å²) in [6.45, 7) is 5.04. The Morgan fingerprint density at radius 1 is 1.17 bits per heavy atom. The smallest absolute Gasteiger partial charge is 0.223 e. The van der Waals surface area contributed by atoms with E-state index >= 15 is 0 Å². The fourth-order valence-electron chi connectivity index (χ4n) is 3.75. The number of nitrogens with zero attached hydrogens (tertiary/aromatic N) is 2. The zero-order valence-corrected chi connectivity index (χ0v) is 15.3. The molecule has 2 saturated heterocycles. The van der Waals surface area contributed by atoms with Crippen molar-refractivity contribution >= 4 is 17.5 Å². The van der Waals surface area contributed by atoms with Gasteiger partial charge in [-0.15, -0.1) is 0 Å². The third-order valence-corrected chi connectivity index (χ3v) is 5.51. The average Bonchev–Trinajstić information content (AvgIpc) is 2.58. The quantitative estimate of drug-likeness (QED) is 0.907. The second-order valence-corrected chi connectivity index (χ2v) is 7.72. The van der Waals surface area contributed by atoms with Gasteiger partial charge in [-0.3, -0.25) is 9.69 Å². The van der Waals surface area contributed by atoms with Gasteiger partial charge in [-0.25, -0.2) is 0 Å². The summed E-state index contributed by atoms with van der Waals surface area (Å²) in [7, 11) is 2.13. The van der Waals surface area contributed by atoms with Crippen molar-refractivity contribution in [3.8, 4) is 0 Å². The van der Waals surface area contributed by atoms with Crippen LogP contribution in [-0.2, 0) is 11.3 Å². The molecule has 1 unspecified atom stereocenters. The molecule has 0 spiro atoms. The van der Waals surface area contributed by atoms with Crippen LogP contribution in [0.3, 0.4) is 0 Å². The Balaban J connectivity index is 1.48. The first-order valence-corrected chi connectivity index (χ1v) is 9.43. The largest absolute Gasteiger partial charge is 0.352 e. The molecule has 4 nitrogen and oxygen atoms in total. The maximum absolute atomic E-state index is 12.5. The molecular formula is C19H28ClN3O. The van der Waals surface area contributed by atoms with E-state index in [1.807, 2.05) is 12.1 Å². The topological polar surface area (TPSA) is 35.6 Å². The molecule has 0 radical (unpaired) electrons. The van der Waals surface area contributed by atoms with E-state index in [-0.39, 0.29) is 11.8 Å². The molecule has 0 bridgehead atoms. The maximum Gasteiger partial charge on any atom is 0.223 e. The van der Waals surface area contributed by atoms with E-state index in [2.05, 4.69) is 34.3 Å². The number of carbonyl (C=O) groups excluding carboxylic acids is 1. The number of hydrogen-bond acceptors (Lipinski definition) is 3. The Morgan fingerprint density at radius 2 is 1.88 bits per heavy atom. The summed E-state index contributed by atoms with van der Waals surface area (Å²) in [5.41, 5.74) is 1.28. The van der Waals surface area contributed by atoms with Gasteiger partial charge < -0.3 is 10.2 Å². The van der Waals surface area contributed by atoms with Gasteiger partial charge in [0.05, 0.1) is 0 Å². The first kappa shape index (κ1) is 17.7. The third-order valence-electron chi connectivity index (χ3n) is 5.26. The number of likely N-dealkylation sites (tertiary alicyclic amines) is 2. The minimum atomic E-state index is 0.202. The summed E-state index contributed by atoms with van der Waals surface area (Å²) in [6, 6.07) is 8.35. The lowest BCUT2D eigenvalue weighted by Crippen LogP contribution is -2.50. The van der Waals surface area contributed by atoms with Crippen molar-refractivity contribution < 1.29 is 4.79 Å². The molecule has 0 saturated carbocycles. The lowest BCUT2D eigenvalue weighted by molar-refractivity contribution is -0.127. The van der Waals surface area contributed by atoms with Crippen molar-refractivity contribution in [2.45, 2.75) is 38.3 Å². The Bertz CT molecular complexity index is 540. The summed E-state index contributed by atoms with van der Waals surface area (Å²) < 4.78 is 0. The van der Waals surface area contributed by atoms with Crippen LogP contribution in [0.15, 0.2) is 24.3 Å². The second kappa shape index (κ2) is 8.32. The predicted molar refractivity (Wildman–Crippen MR) is 98.1 cm³/mol. The number of benzene rings is 1. The summed E-state index contributed by atoms with van der Waals surface area (Å²) >= 11 is 5.95. The highest BCUT2D eigenvalue weighted by Gasteiger charge is 2.27. The fourth-order valence-corrected chi connectivity index (χ4v) is 3.88. The van der Waals surface area contributed by atoms with Gasteiger partial charge in [0.2, 0.25) is 5.91 Å². The summed E-state index contributed by atoms with van der Waals surface area (Å²) in [6.07, 6.45) is 4.22. The lowest BCUT2D eigenvalue weighted by Gasteiger charge is -2.35. The van der Waals surface area contributed by atoms with Crippen LogP contribution >= 0.6 is 11.6 Å². The van der Waals surface area contributed by atoms with E-state index in [4.69, 9.17) is 11.6 Å². The monoisotopic (exact) mass is 349 g/mol. The van der Waals surface area contributed by atoms with Crippen LogP contribution in [0.1, 0.15) is 31.2 Å². The number of piperidine rings is 2. The summed E-state index contributed by atoms with van der Waals surface area (Å²) in [5, 5.41) is 4.09. The van der Waals surface area contributed by atoms with Gasteiger partial charge >= 0.3 is 0 Å². The highest BCUT2D eigenvalue weighted by molar-refractivity contribution is 6.30. The van der Waals surface area contributed by atoms with Crippen molar-refractivity contribution in [1.82, 2.24) is 15.1 Å². The molecule has 1 aromatic carbocycles. The molecule has 2 aliphatic heterocycles. The minimum Gasteiger partial charge on any atom is -0.352 e. The number of amides is 1. The van der Waals surface area contributed by atoms with Gasteiger partial charge in [0.25, 0.3) is 0 Å². The van der Waals surface area contributed by atoms with E-state index in [0.29, 0.717) is 6.04 Å². The van der Waals surface area contributed by atoms with Gasteiger partial charge in [-0.2, -0.15) is 0 Å². The molecule has 0 aliphatic carbocycles. The van der Waals surface area contributed by atoms with Gasteiger partial charge in [-0.1, -0.05) is 23.7 Å². The SMILES string of the molecule is CN1CCC(C(=O)NC2CCCN(Cc3ccc(Cl)cc3)C2)CC1. The molecule has 2 heterocycles. The molecular weight excluding hydrogens is 322 g/mol.